The van der Waals surface area contributed by atoms with Crippen molar-refractivity contribution < 1.29 is 9.47 Å². The summed E-state index contributed by atoms with van der Waals surface area (Å²) in [6, 6.07) is 25.4. The van der Waals surface area contributed by atoms with E-state index in [1.807, 2.05) is 0 Å². The lowest BCUT2D eigenvalue weighted by molar-refractivity contribution is 0.0505. The Labute approximate surface area is 260 Å². The third-order valence-electron chi connectivity index (χ3n) is 10.7. The molecule has 6 aliphatic rings. The molecule has 45 heavy (non-hydrogen) atoms. The van der Waals surface area contributed by atoms with Crippen molar-refractivity contribution in [2.45, 2.75) is 61.1 Å². The molecule has 7 heteroatoms. The molecule has 3 aromatic heterocycles. The SMILES string of the molecule is C=C1/C(=C\C=C/CC)[C@H]2O[C@@H]1[C@H]1c3cc4ccc(cc5nc(cc6ccc(cc(n3)[C@H]12)[nH]6)[C@@]1(N)[C@@H]2O[C@@H](c3ccccc32)[C@@H]51)[nH]4. The topological polar surface area (TPSA) is 102 Å². The first kappa shape index (κ1) is 25.7. The van der Waals surface area contributed by atoms with E-state index in [2.05, 4.69) is 114 Å². The third kappa shape index (κ3) is 3.40. The summed E-state index contributed by atoms with van der Waals surface area (Å²) in [7, 11) is 0. The summed E-state index contributed by atoms with van der Waals surface area (Å²) in [4.78, 5) is 17.7. The summed E-state index contributed by atoms with van der Waals surface area (Å²) in [5.41, 5.74) is 19.0. The van der Waals surface area contributed by atoms with Crippen molar-refractivity contribution in [3.8, 4) is 0 Å². The van der Waals surface area contributed by atoms with Crippen molar-refractivity contribution in [1.82, 2.24) is 19.9 Å². The minimum atomic E-state index is -0.765. The number of allylic oxidation sites excluding steroid dienone is 3. The summed E-state index contributed by atoms with van der Waals surface area (Å²) in [5.74, 6) is 0.156. The number of H-pyrrole nitrogens is 2. The van der Waals surface area contributed by atoms with Gasteiger partial charge in [0.2, 0.25) is 0 Å². The van der Waals surface area contributed by atoms with E-state index in [0.29, 0.717) is 0 Å². The smallest absolute Gasteiger partial charge is 0.108 e. The number of nitrogens with two attached hydrogens (primary N) is 1. The van der Waals surface area contributed by atoms with Crippen LogP contribution in [0.5, 0.6) is 0 Å². The molecule has 3 saturated heterocycles. The molecule has 0 radical (unpaired) electrons. The predicted molar refractivity (Wildman–Crippen MR) is 173 cm³/mol. The molecule has 3 fully saturated rings. The van der Waals surface area contributed by atoms with Gasteiger partial charge in [-0.2, -0.15) is 0 Å². The Hall–Kier alpha value is -4.56. The molecule has 7 nitrogen and oxygen atoms in total. The van der Waals surface area contributed by atoms with Gasteiger partial charge in [-0.3, -0.25) is 9.97 Å². The van der Waals surface area contributed by atoms with Crippen molar-refractivity contribution in [1.29, 1.82) is 0 Å². The average molecular weight is 592 g/mol. The molecule has 222 valence electrons. The van der Waals surface area contributed by atoms with Gasteiger partial charge in [-0.25, -0.2) is 0 Å². The molecule has 0 amide bonds. The van der Waals surface area contributed by atoms with E-state index in [1.54, 1.807) is 0 Å². The van der Waals surface area contributed by atoms with Crippen molar-refractivity contribution in [3.05, 3.63) is 143 Å². The van der Waals surface area contributed by atoms with Crippen LogP contribution in [0.15, 0.2) is 109 Å². The van der Waals surface area contributed by atoms with Gasteiger partial charge in [0.25, 0.3) is 0 Å². The van der Waals surface area contributed by atoms with Gasteiger partial charge in [0.05, 0.1) is 35.6 Å². The quantitative estimate of drug-likeness (QED) is 0.229. The third-order valence-corrected chi connectivity index (χ3v) is 10.7. The Morgan fingerprint density at radius 2 is 1.44 bits per heavy atom. The van der Waals surface area contributed by atoms with E-state index in [9.17, 15) is 0 Å². The zero-order valence-electron chi connectivity index (χ0n) is 24.9. The molecule has 9 heterocycles. The number of rotatable bonds is 2. The first-order valence-electron chi connectivity index (χ1n) is 15.9. The van der Waals surface area contributed by atoms with E-state index < -0.39 is 5.54 Å². The fourth-order valence-electron chi connectivity index (χ4n) is 8.80. The molecule has 0 unspecified atom stereocenters. The van der Waals surface area contributed by atoms with E-state index in [1.165, 1.54) is 16.7 Å². The van der Waals surface area contributed by atoms with Gasteiger partial charge < -0.3 is 25.2 Å². The Morgan fingerprint density at radius 1 is 0.800 bits per heavy atom. The van der Waals surface area contributed by atoms with E-state index in [0.717, 1.165) is 56.8 Å². The van der Waals surface area contributed by atoms with Crippen LogP contribution >= 0.6 is 0 Å². The summed E-state index contributed by atoms with van der Waals surface area (Å²) in [6.07, 6.45) is 6.93. The van der Waals surface area contributed by atoms with Crippen LogP contribution in [0.4, 0.5) is 0 Å². The van der Waals surface area contributed by atoms with Gasteiger partial charge >= 0.3 is 0 Å². The molecule has 4 N–H and O–H groups in total. The Balaban J connectivity index is 1.18. The zero-order valence-corrected chi connectivity index (χ0v) is 24.9. The first-order chi connectivity index (χ1) is 22.0. The van der Waals surface area contributed by atoms with Crippen molar-refractivity contribution in [3.63, 3.8) is 0 Å². The van der Waals surface area contributed by atoms with Gasteiger partial charge in [-0.15, -0.1) is 0 Å². The maximum atomic E-state index is 7.40. The second-order valence-electron chi connectivity index (χ2n) is 13.2. The fraction of sp³-hybridized carbons (Fsp3) is 0.263. The number of aromatic nitrogens is 4. The van der Waals surface area contributed by atoms with Crippen molar-refractivity contribution in [2.75, 3.05) is 0 Å². The highest BCUT2D eigenvalue weighted by atomic mass is 16.5. The van der Waals surface area contributed by atoms with E-state index in [4.69, 9.17) is 25.2 Å². The summed E-state index contributed by atoms with van der Waals surface area (Å²) in [6.45, 7) is 6.61. The number of benzene rings is 1. The highest BCUT2D eigenvalue weighted by Gasteiger charge is 2.65. The van der Waals surface area contributed by atoms with Crippen LogP contribution in [-0.4, -0.2) is 32.1 Å². The monoisotopic (exact) mass is 591 g/mol. The number of fused-ring (bicyclic) bond motifs is 25. The van der Waals surface area contributed by atoms with Gasteiger partial charge in [0, 0.05) is 45.3 Å². The number of hydrogen-bond acceptors (Lipinski definition) is 5. The lowest BCUT2D eigenvalue weighted by Gasteiger charge is -2.33. The molecule has 6 aliphatic heterocycles. The Bertz CT molecular complexity index is 2170. The van der Waals surface area contributed by atoms with Crippen LogP contribution < -0.4 is 5.73 Å². The predicted octanol–water partition coefficient (Wildman–Crippen LogP) is 7.18. The first-order valence-corrected chi connectivity index (χ1v) is 15.9. The molecule has 12 bridgehead atoms. The average Bonchev–Trinajstić information content (AvgIpc) is 3.88. The molecule has 1 aromatic carbocycles. The maximum absolute atomic E-state index is 7.40. The summed E-state index contributed by atoms with van der Waals surface area (Å²) >= 11 is 0. The Kier molecular flexibility index (Phi) is 5.15. The number of nitrogens with one attached hydrogen (secondary N) is 2. The van der Waals surface area contributed by atoms with Gasteiger partial charge in [-0.05, 0) is 77.2 Å². The highest BCUT2D eigenvalue weighted by molar-refractivity contribution is 5.65. The van der Waals surface area contributed by atoms with Crippen LogP contribution in [0.2, 0.25) is 0 Å². The summed E-state index contributed by atoms with van der Waals surface area (Å²) < 4.78 is 13.3. The number of ether oxygens (including phenoxy) is 2. The van der Waals surface area contributed by atoms with Gasteiger partial charge in [0.15, 0.2) is 0 Å². The van der Waals surface area contributed by atoms with Crippen LogP contribution in [-0.2, 0) is 15.0 Å². The number of aromatic amines is 2. The maximum Gasteiger partial charge on any atom is 0.108 e. The lowest BCUT2D eigenvalue weighted by atomic mass is 9.69. The molecule has 8 atom stereocenters. The standard InChI is InChI=1S/C38H33N5O2/c1-3-4-5-8-24-19(2)34-31-27-15-20-11-12-22(40-20)17-29-33-36-25-9-6-7-10-26(25)37(45-36)38(33,39)30(43-29)18-23-14-13-21(41-23)16-28(42-27)32(31)35(24)44-34/h4-18,31-37,40-41H,2-3,39H2,1H3/b5-4-,20-15?,21-16?,22-17?,23-18?,24-8+,27-15?,28-16?,29-17?,30-18?/t31-,32+,33+,34-,35+,36-,37+,38-/m0/s1. The molecule has 0 spiro atoms. The molecule has 0 aliphatic carbocycles. The minimum absolute atomic E-state index is 0.0679. The highest BCUT2D eigenvalue weighted by Crippen LogP contribution is 2.66. The van der Waals surface area contributed by atoms with Gasteiger partial charge in [-0.1, -0.05) is 56.0 Å². The molecule has 4 aromatic rings. The molecular weight excluding hydrogens is 558 g/mol. The van der Waals surface area contributed by atoms with Crippen LogP contribution in [0.3, 0.4) is 0 Å². The molecule has 0 saturated carbocycles. The number of hydrogen-bond donors (Lipinski definition) is 3. The fourth-order valence-corrected chi connectivity index (χ4v) is 8.80. The number of nitrogens with zero attached hydrogens (tertiary/aromatic N) is 2. The van der Waals surface area contributed by atoms with Crippen LogP contribution in [0, 0.1) is 0 Å². The summed E-state index contributed by atoms with van der Waals surface area (Å²) in [5, 5.41) is 0. The van der Waals surface area contributed by atoms with Crippen molar-refractivity contribution in [2.24, 2.45) is 5.73 Å². The van der Waals surface area contributed by atoms with Crippen molar-refractivity contribution >= 4 is 22.1 Å². The molecule has 10 rings (SSSR count). The second-order valence-corrected chi connectivity index (χ2v) is 13.2. The van der Waals surface area contributed by atoms with Gasteiger partial charge in [0.1, 0.15) is 11.6 Å². The zero-order chi connectivity index (χ0) is 30.0. The van der Waals surface area contributed by atoms with Crippen LogP contribution in [0.1, 0.15) is 77.2 Å². The molecular formula is C38H33N5O2. The van der Waals surface area contributed by atoms with E-state index in [-0.39, 0.29) is 42.2 Å². The minimum Gasteiger partial charge on any atom is -0.364 e. The largest absolute Gasteiger partial charge is 0.364 e. The normalized spacial score (nSPS) is 32.9. The van der Waals surface area contributed by atoms with E-state index >= 15 is 0 Å². The lowest BCUT2D eigenvalue weighted by Crippen LogP contribution is -2.43. The van der Waals surface area contributed by atoms with Crippen LogP contribution in [0.25, 0.3) is 22.1 Å². The Morgan fingerprint density at radius 3 is 2.16 bits per heavy atom. The second kappa shape index (κ2) is 9.01.